The maximum atomic E-state index is 13.2. The number of carbonyl (C=O) groups is 1. The van der Waals surface area contributed by atoms with Crippen LogP contribution in [0.1, 0.15) is 20.5 Å². The predicted octanol–water partition coefficient (Wildman–Crippen LogP) is 3.84. The van der Waals surface area contributed by atoms with Crippen LogP contribution in [0.25, 0.3) is 0 Å². The fourth-order valence-electron chi connectivity index (χ4n) is 2.68. The van der Waals surface area contributed by atoms with Gasteiger partial charge >= 0.3 is 0 Å². The van der Waals surface area contributed by atoms with Crippen LogP contribution in [-0.4, -0.2) is 28.0 Å². The standard InChI is InChI=1S/C20H18FNO4S2/c1-26-16-5-2-4-14(12-16)20(23)22-13-19(18-6-3-11-27-18)28(24,25)17-9-7-15(21)8-10-17/h2-12,19H,13H2,1H3,(H,22,23)/t19-/m0/s1. The first-order valence-electron chi connectivity index (χ1n) is 8.37. The Morgan fingerprint density at radius 1 is 1.14 bits per heavy atom. The van der Waals surface area contributed by atoms with Crippen molar-refractivity contribution in [2.24, 2.45) is 0 Å². The monoisotopic (exact) mass is 419 g/mol. The van der Waals surface area contributed by atoms with Crippen molar-refractivity contribution in [3.8, 4) is 5.75 Å². The molecule has 0 aliphatic carbocycles. The highest BCUT2D eigenvalue weighted by atomic mass is 32.2. The summed E-state index contributed by atoms with van der Waals surface area (Å²) in [4.78, 5) is 13.1. The number of ether oxygens (including phenoxy) is 1. The average Bonchev–Trinajstić information content (AvgIpc) is 3.22. The lowest BCUT2D eigenvalue weighted by molar-refractivity contribution is 0.0953. The Morgan fingerprint density at radius 2 is 1.89 bits per heavy atom. The summed E-state index contributed by atoms with van der Waals surface area (Å²) in [5, 5.41) is 3.48. The van der Waals surface area contributed by atoms with Crippen LogP contribution in [0.15, 0.2) is 70.9 Å². The van der Waals surface area contributed by atoms with Gasteiger partial charge in [0.05, 0.1) is 12.0 Å². The zero-order valence-corrected chi connectivity index (χ0v) is 16.6. The number of sulfone groups is 1. The van der Waals surface area contributed by atoms with E-state index in [1.807, 2.05) is 0 Å². The van der Waals surface area contributed by atoms with Gasteiger partial charge < -0.3 is 10.1 Å². The lowest BCUT2D eigenvalue weighted by Gasteiger charge is -2.17. The lowest BCUT2D eigenvalue weighted by Crippen LogP contribution is -2.31. The number of hydrogen-bond donors (Lipinski definition) is 1. The highest BCUT2D eigenvalue weighted by Crippen LogP contribution is 2.31. The zero-order valence-electron chi connectivity index (χ0n) is 15.0. The first kappa shape index (κ1) is 20.0. The Balaban J connectivity index is 1.85. The fourth-order valence-corrected chi connectivity index (χ4v) is 5.46. The van der Waals surface area contributed by atoms with E-state index in [9.17, 15) is 17.6 Å². The highest BCUT2D eigenvalue weighted by molar-refractivity contribution is 7.91. The molecule has 1 atom stereocenters. The summed E-state index contributed by atoms with van der Waals surface area (Å²) >= 11 is 1.28. The minimum absolute atomic E-state index is 0.00271. The number of thiophene rings is 1. The Morgan fingerprint density at radius 3 is 2.54 bits per heavy atom. The molecule has 0 radical (unpaired) electrons. The summed E-state index contributed by atoms with van der Waals surface area (Å²) < 4.78 is 44.5. The second-order valence-electron chi connectivity index (χ2n) is 5.94. The van der Waals surface area contributed by atoms with Crippen LogP contribution < -0.4 is 10.1 Å². The second kappa shape index (κ2) is 8.53. The summed E-state index contributed by atoms with van der Waals surface area (Å²) in [5.74, 6) is -0.394. The number of amides is 1. The fraction of sp³-hybridized carbons (Fsp3) is 0.150. The molecule has 5 nitrogen and oxygen atoms in total. The molecule has 3 aromatic rings. The first-order chi connectivity index (χ1) is 13.4. The van der Waals surface area contributed by atoms with Gasteiger partial charge in [-0.25, -0.2) is 12.8 Å². The molecule has 1 amide bonds. The van der Waals surface area contributed by atoms with Crippen molar-refractivity contribution in [3.63, 3.8) is 0 Å². The van der Waals surface area contributed by atoms with Gasteiger partial charge in [-0.2, -0.15) is 0 Å². The van der Waals surface area contributed by atoms with Gasteiger partial charge in [0.2, 0.25) is 0 Å². The molecule has 8 heteroatoms. The SMILES string of the molecule is COc1cccc(C(=O)NC[C@@H](c2cccs2)S(=O)(=O)c2ccc(F)cc2)c1. The maximum Gasteiger partial charge on any atom is 0.251 e. The van der Waals surface area contributed by atoms with E-state index >= 15 is 0 Å². The van der Waals surface area contributed by atoms with Crippen LogP contribution in [-0.2, 0) is 9.84 Å². The number of nitrogens with one attached hydrogen (secondary N) is 1. The van der Waals surface area contributed by atoms with Gasteiger partial charge in [-0.15, -0.1) is 11.3 Å². The van der Waals surface area contributed by atoms with Gasteiger partial charge in [0.25, 0.3) is 5.91 Å². The molecule has 0 saturated heterocycles. The van der Waals surface area contributed by atoms with Crippen LogP contribution in [0, 0.1) is 5.82 Å². The summed E-state index contributed by atoms with van der Waals surface area (Å²) in [7, 11) is -2.33. The number of benzene rings is 2. The number of halogens is 1. The Bertz CT molecular complexity index is 1050. The van der Waals surface area contributed by atoms with Crippen LogP contribution in [0.3, 0.4) is 0 Å². The van der Waals surface area contributed by atoms with E-state index in [4.69, 9.17) is 4.74 Å². The molecule has 0 fully saturated rings. The Hall–Kier alpha value is -2.71. The highest BCUT2D eigenvalue weighted by Gasteiger charge is 2.30. The van der Waals surface area contributed by atoms with Crippen LogP contribution in [0.2, 0.25) is 0 Å². The van der Waals surface area contributed by atoms with E-state index in [0.29, 0.717) is 16.2 Å². The largest absolute Gasteiger partial charge is 0.497 e. The van der Waals surface area contributed by atoms with Crippen molar-refractivity contribution in [2.45, 2.75) is 10.1 Å². The van der Waals surface area contributed by atoms with Crippen molar-refractivity contribution in [2.75, 3.05) is 13.7 Å². The number of rotatable bonds is 7. The molecule has 1 heterocycles. The first-order valence-corrected chi connectivity index (χ1v) is 10.8. The van der Waals surface area contributed by atoms with E-state index in [1.165, 1.54) is 30.6 Å². The van der Waals surface area contributed by atoms with E-state index in [1.54, 1.807) is 41.8 Å². The molecule has 3 rings (SSSR count). The van der Waals surface area contributed by atoms with Gasteiger partial charge in [0.15, 0.2) is 9.84 Å². The average molecular weight is 419 g/mol. The third-order valence-corrected chi connectivity index (χ3v) is 7.39. The molecule has 146 valence electrons. The van der Waals surface area contributed by atoms with Gasteiger partial charge in [-0.1, -0.05) is 12.1 Å². The molecule has 0 aliphatic rings. The quantitative estimate of drug-likeness (QED) is 0.591. The zero-order chi connectivity index (χ0) is 20.1. The maximum absolute atomic E-state index is 13.2. The van der Waals surface area contributed by atoms with Crippen molar-refractivity contribution >= 4 is 27.1 Å². The summed E-state index contributed by atoms with van der Waals surface area (Å²) in [6.45, 7) is -0.115. The third kappa shape index (κ3) is 4.40. The minimum atomic E-state index is -3.83. The normalized spacial score (nSPS) is 12.4. The van der Waals surface area contributed by atoms with E-state index in [-0.39, 0.29) is 11.4 Å². The summed E-state index contributed by atoms with van der Waals surface area (Å²) in [6, 6.07) is 14.7. The topological polar surface area (TPSA) is 72.5 Å². The molecular weight excluding hydrogens is 401 g/mol. The van der Waals surface area contributed by atoms with E-state index in [0.717, 1.165) is 12.1 Å². The summed E-state index contributed by atoms with van der Waals surface area (Å²) in [5.41, 5.74) is 0.364. The Labute approximate surface area is 166 Å². The molecule has 0 saturated carbocycles. The predicted molar refractivity (Wildman–Crippen MR) is 106 cm³/mol. The number of hydrogen-bond acceptors (Lipinski definition) is 5. The molecular formula is C20H18FNO4S2. The van der Waals surface area contributed by atoms with Gasteiger partial charge in [-0.05, 0) is 53.9 Å². The molecule has 0 bridgehead atoms. The van der Waals surface area contributed by atoms with Crippen LogP contribution in [0.4, 0.5) is 4.39 Å². The van der Waals surface area contributed by atoms with Gasteiger partial charge in [0, 0.05) is 17.0 Å². The van der Waals surface area contributed by atoms with Crippen molar-refractivity contribution in [1.29, 1.82) is 0 Å². The summed E-state index contributed by atoms with van der Waals surface area (Å²) in [6.07, 6.45) is 0. The molecule has 2 aromatic carbocycles. The van der Waals surface area contributed by atoms with Crippen molar-refractivity contribution in [1.82, 2.24) is 5.32 Å². The smallest absolute Gasteiger partial charge is 0.251 e. The van der Waals surface area contributed by atoms with E-state index in [2.05, 4.69) is 5.32 Å². The lowest BCUT2D eigenvalue weighted by atomic mass is 10.2. The van der Waals surface area contributed by atoms with Gasteiger partial charge in [0.1, 0.15) is 16.8 Å². The molecule has 0 unspecified atom stereocenters. The number of carbonyl (C=O) groups excluding carboxylic acids is 1. The second-order valence-corrected chi connectivity index (χ2v) is 9.05. The molecule has 1 N–H and O–H groups in total. The van der Waals surface area contributed by atoms with Gasteiger partial charge in [-0.3, -0.25) is 4.79 Å². The van der Waals surface area contributed by atoms with E-state index < -0.39 is 26.8 Å². The van der Waals surface area contributed by atoms with Crippen LogP contribution in [0.5, 0.6) is 5.75 Å². The molecule has 28 heavy (non-hydrogen) atoms. The van der Waals surface area contributed by atoms with Crippen molar-refractivity contribution < 1.29 is 22.3 Å². The third-order valence-electron chi connectivity index (χ3n) is 4.16. The Kier molecular flexibility index (Phi) is 6.11. The molecule has 1 aromatic heterocycles. The minimum Gasteiger partial charge on any atom is -0.497 e. The van der Waals surface area contributed by atoms with Crippen LogP contribution >= 0.6 is 11.3 Å². The number of methoxy groups -OCH3 is 1. The molecule has 0 aliphatic heterocycles. The van der Waals surface area contributed by atoms with Crippen molar-refractivity contribution in [3.05, 3.63) is 82.3 Å². The molecule has 0 spiro atoms.